The summed E-state index contributed by atoms with van der Waals surface area (Å²) in [5.41, 5.74) is 0.929. The molecule has 2 aromatic heterocycles. The third-order valence-electron chi connectivity index (χ3n) is 3.80. The first kappa shape index (κ1) is 15.2. The van der Waals surface area contributed by atoms with E-state index >= 15 is 0 Å². The average Bonchev–Trinajstić information content (AvgIpc) is 3.16. The van der Waals surface area contributed by atoms with E-state index in [4.69, 9.17) is 0 Å². The molecule has 1 saturated heterocycles. The zero-order valence-corrected chi connectivity index (χ0v) is 14.1. The molecule has 1 N–H and O–H groups in total. The molecular formula is C15H17N3O2S2. The number of nitrogens with zero attached hydrogens (tertiary/aromatic N) is 2. The lowest BCUT2D eigenvalue weighted by Gasteiger charge is -2.23. The molecule has 22 heavy (non-hydrogen) atoms. The van der Waals surface area contributed by atoms with Crippen molar-refractivity contribution in [1.82, 2.24) is 9.88 Å². The number of likely N-dealkylation sites (tertiary alicyclic amines) is 1. The number of amides is 2. The average molecular weight is 335 g/mol. The maximum Gasteiger partial charge on any atom is 0.248 e. The first-order valence-corrected chi connectivity index (χ1v) is 8.81. The van der Waals surface area contributed by atoms with Gasteiger partial charge in [0.2, 0.25) is 11.8 Å². The number of thiazole rings is 1. The molecule has 7 heteroatoms. The lowest BCUT2D eigenvalue weighted by Crippen LogP contribution is -2.40. The molecule has 3 heterocycles. The van der Waals surface area contributed by atoms with Crippen LogP contribution in [0.4, 0.5) is 5.13 Å². The molecule has 0 unspecified atom stereocenters. The lowest BCUT2D eigenvalue weighted by atomic mass is 10.2. The number of hydrogen-bond donors (Lipinski definition) is 1. The van der Waals surface area contributed by atoms with Crippen molar-refractivity contribution < 1.29 is 9.59 Å². The zero-order valence-electron chi connectivity index (χ0n) is 12.5. The van der Waals surface area contributed by atoms with Crippen molar-refractivity contribution in [3.05, 3.63) is 33.0 Å². The van der Waals surface area contributed by atoms with E-state index in [-0.39, 0.29) is 11.8 Å². The highest BCUT2D eigenvalue weighted by molar-refractivity contribution is 7.15. The highest BCUT2D eigenvalue weighted by atomic mass is 32.1. The minimum atomic E-state index is -0.404. The molecule has 0 bridgehead atoms. The molecule has 0 spiro atoms. The Morgan fingerprint density at radius 1 is 1.50 bits per heavy atom. The first-order valence-electron chi connectivity index (χ1n) is 7.11. The molecule has 0 saturated carbocycles. The van der Waals surface area contributed by atoms with Gasteiger partial charge in [-0.1, -0.05) is 6.07 Å². The molecule has 2 amide bonds. The molecular weight excluding hydrogens is 318 g/mol. The number of anilines is 1. The van der Waals surface area contributed by atoms with Crippen molar-refractivity contribution in [3.63, 3.8) is 0 Å². The highest BCUT2D eigenvalue weighted by Crippen LogP contribution is 2.26. The van der Waals surface area contributed by atoms with E-state index in [1.165, 1.54) is 11.3 Å². The van der Waals surface area contributed by atoms with Crippen molar-refractivity contribution >= 4 is 39.6 Å². The fourth-order valence-electron chi connectivity index (χ4n) is 2.49. The predicted octanol–water partition coefficient (Wildman–Crippen LogP) is 2.95. The van der Waals surface area contributed by atoms with Gasteiger partial charge in [0.1, 0.15) is 6.04 Å². The molecule has 1 aliphatic heterocycles. The number of aryl methyl sites for hydroxylation is 2. The SMILES string of the molecule is Cc1nc(NC(=O)[C@H]2CCC(=O)N2Cc2cccs2)sc1C. The van der Waals surface area contributed by atoms with Gasteiger partial charge in [-0.15, -0.1) is 22.7 Å². The van der Waals surface area contributed by atoms with Crippen LogP contribution < -0.4 is 5.32 Å². The maximum atomic E-state index is 12.5. The third kappa shape index (κ3) is 3.05. The van der Waals surface area contributed by atoms with Crippen molar-refractivity contribution in [2.45, 2.75) is 39.3 Å². The summed E-state index contributed by atoms with van der Waals surface area (Å²) in [7, 11) is 0. The van der Waals surface area contributed by atoms with Crippen molar-refractivity contribution in [3.8, 4) is 0 Å². The molecule has 1 aliphatic rings. The molecule has 1 atom stereocenters. The Hall–Kier alpha value is -1.73. The van der Waals surface area contributed by atoms with Crippen LogP contribution in [-0.2, 0) is 16.1 Å². The second-order valence-corrected chi connectivity index (χ2v) is 7.54. The van der Waals surface area contributed by atoms with Crippen LogP contribution in [0.3, 0.4) is 0 Å². The summed E-state index contributed by atoms with van der Waals surface area (Å²) in [6.45, 7) is 4.40. The third-order valence-corrected chi connectivity index (χ3v) is 5.65. The van der Waals surface area contributed by atoms with Gasteiger partial charge in [-0.2, -0.15) is 0 Å². The van der Waals surface area contributed by atoms with Crippen LogP contribution in [0.1, 0.15) is 28.3 Å². The Bertz CT molecular complexity index is 674. The van der Waals surface area contributed by atoms with Crippen LogP contribution in [0.25, 0.3) is 0 Å². The van der Waals surface area contributed by atoms with Crippen LogP contribution >= 0.6 is 22.7 Å². The standard InChI is InChI=1S/C15H17N3O2S2/c1-9-10(2)22-15(16-9)17-14(20)12-5-6-13(19)18(12)8-11-4-3-7-21-11/h3-4,7,12H,5-6,8H2,1-2H3,(H,16,17,20)/t12-/m1/s1. The van der Waals surface area contributed by atoms with Crippen LogP contribution in [-0.4, -0.2) is 27.7 Å². The molecule has 3 rings (SSSR count). The van der Waals surface area contributed by atoms with Crippen LogP contribution in [0, 0.1) is 13.8 Å². The van der Waals surface area contributed by atoms with Crippen LogP contribution in [0.5, 0.6) is 0 Å². The molecule has 2 aromatic rings. The summed E-state index contributed by atoms with van der Waals surface area (Å²) >= 11 is 3.06. The van der Waals surface area contributed by atoms with Gasteiger partial charge in [-0.3, -0.25) is 9.59 Å². The van der Waals surface area contributed by atoms with E-state index in [1.807, 2.05) is 31.4 Å². The number of rotatable bonds is 4. The molecule has 0 radical (unpaired) electrons. The predicted molar refractivity (Wildman–Crippen MR) is 88.1 cm³/mol. The topological polar surface area (TPSA) is 62.3 Å². The summed E-state index contributed by atoms with van der Waals surface area (Å²) in [5, 5.41) is 5.44. The Morgan fingerprint density at radius 2 is 2.32 bits per heavy atom. The number of carbonyl (C=O) groups is 2. The molecule has 116 valence electrons. The summed E-state index contributed by atoms with van der Waals surface area (Å²) in [6, 6.07) is 3.54. The Labute approximate surface area is 137 Å². The first-order chi connectivity index (χ1) is 10.5. The molecule has 0 aromatic carbocycles. The number of nitrogens with one attached hydrogen (secondary N) is 1. The quantitative estimate of drug-likeness (QED) is 0.934. The van der Waals surface area contributed by atoms with E-state index in [1.54, 1.807) is 16.2 Å². The van der Waals surface area contributed by atoms with E-state index in [0.717, 1.165) is 15.4 Å². The van der Waals surface area contributed by atoms with Gasteiger partial charge in [0, 0.05) is 16.2 Å². The minimum absolute atomic E-state index is 0.0417. The van der Waals surface area contributed by atoms with Crippen molar-refractivity contribution in [2.75, 3.05) is 5.32 Å². The fourth-order valence-corrected chi connectivity index (χ4v) is 4.01. The van der Waals surface area contributed by atoms with Crippen LogP contribution in [0.2, 0.25) is 0 Å². The molecule has 5 nitrogen and oxygen atoms in total. The van der Waals surface area contributed by atoms with Gasteiger partial charge < -0.3 is 10.2 Å². The van der Waals surface area contributed by atoms with E-state index < -0.39 is 6.04 Å². The number of hydrogen-bond acceptors (Lipinski definition) is 5. The van der Waals surface area contributed by atoms with Gasteiger partial charge in [0.05, 0.1) is 12.2 Å². The van der Waals surface area contributed by atoms with Crippen molar-refractivity contribution in [2.24, 2.45) is 0 Å². The monoisotopic (exact) mass is 335 g/mol. The minimum Gasteiger partial charge on any atom is -0.325 e. The van der Waals surface area contributed by atoms with E-state index in [2.05, 4.69) is 10.3 Å². The second-order valence-electron chi connectivity index (χ2n) is 5.31. The smallest absolute Gasteiger partial charge is 0.248 e. The number of thiophene rings is 1. The van der Waals surface area contributed by atoms with E-state index in [0.29, 0.717) is 24.5 Å². The highest BCUT2D eigenvalue weighted by Gasteiger charge is 2.36. The van der Waals surface area contributed by atoms with Crippen LogP contribution in [0.15, 0.2) is 17.5 Å². The summed E-state index contributed by atoms with van der Waals surface area (Å²) in [6.07, 6.45) is 0.999. The Balaban J connectivity index is 1.71. The number of aromatic nitrogens is 1. The Kier molecular flexibility index (Phi) is 4.26. The number of carbonyl (C=O) groups excluding carboxylic acids is 2. The van der Waals surface area contributed by atoms with Crippen molar-refractivity contribution in [1.29, 1.82) is 0 Å². The van der Waals surface area contributed by atoms with Gasteiger partial charge in [0.15, 0.2) is 5.13 Å². The summed E-state index contributed by atoms with van der Waals surface area (Å²) in [4.78, 5) is 32.7. The summed E-state index contributed by atoms with van der Waals surface area (Å²) in [5.74, 6) is -0.101. The molecule has 1 fully saturated rings. The molecule has 0 aliphatic carbocycles. The largest absolute Gasteiger partial charge is 0.325 e. The lowest BCUT2D eigenvalue weighted by molar-refractivity contribution is -0.133. The van der Waals surface area contributed by atoms with Gasteiger partial charge >= 0.3 is 0 Å². The van der Waals surface area contributed by atoms with E-state index in [9.17, 15) is 9.59 Å². The fraction of sp³-hybridized carbons (Fsp3) is 0.400. The normalized spacial score (nSPS) is 18.0. The van der Waals surface area contributed by atoms with Gasteiger partial charge in [0.25, 0.3) is 0 Å². The Morgan fingerprint density at radius 3 is 2.95 bits per heavy atom. The van der Waals surface area contributed by atoms with Gasteiger partial charge in [-0.25, -0.2) is 4.98 Å². The summed E-state index contributed by atoms with van der Waals surface area (Å²) < 4.78 is 0. The van der Waals surface area contributed by atoms with Gasteiger partial charge in [-0.05, 0) is 31.7 Å². The maximum absolute atomic E-state index is 12.5. The second kappa shape index (κ2) is 6.18. The zero-order chi connectivity index (χ0) is 15.7.